The minimum absolute atomic E-state index is 0.175. The number of hydrogen-bond acceptors (Lipinski definition) is 3. The Morgan fingerprint density at radius 2 is 2.00 bits per heavy atom. The lowest BCUT2D eigenvalue weighted by atomic mass is 10.1. The Balaban J connectivity index is 2.26. The summed E-state index contributed by atoms with van der Waals surface area (Å²) in [6, 6.07) is 4.35. The summed E-state index contributed by atoms with van der Waals surface area (Å²) < 4.78 is 39.9. The molecule has 1 aromatic carbocycles. The van der Waals surface area contributed by atoms with Gasteiger partial charge in [0.1, 0.15) is 4.90 Å². The summed E-state index contributed by atoms with van der Waals surface area (Å²) in [5.41, 5.74) is 0. The van der Waals surface area contributed by atoms with Gasteiger partial charge in [-0.05, 0) is 32.0 Å². The average Bonchev–Trinajstić information content (AvgIpc) is 2.41. The second-order valence-electron chi connectivity index (χ2n) is 4.52. The van der Waals surface area contributed by atoms with E-state index in [0.29, 0.717) is 19.1 Å². The van der Waals surface area contributed by atoms with Crippen molar-refractivity contribution in [3.63, 3.8) is 0 Å². The molecule has 1 fully saturated rings. The molecule has 0 saturated carbocycles. The maximum Gasteiger partial charge on any atom is 0.246 e. The third-order valence-electron chi connectivity index (χ3n) is 3.40. The van der Waals surface area contributed by atoms with Crippen molar-refractivity contribution >= 4 is 21.6 Å². The molecule has 0 amide bonds. The zero-order valence-corrected chi connectivity index (χ0v) is 12.1. The van der Waals surface area contributed by atoms with Crippen LogP contribution < -0.4 is 5.32 Å². The third-order valence-corrected chi connectivity index (χ3v) is 5.60. The second-order valence-corrected chi connectivity index (χ2v) is 6.83. The Hall–Kier alpha value is -0.690. The van der Waals surface area contributed by atoms with Crippen LogP contribution in [0.15, 0.2) is 23.1 Å². The highest BCUT2D eigenvalue weighted by Gasteiger charge is 2.31. The molecule has 1 aliphatic heterocycles. The van der Waals surface area contributed by atoms with Crippen molar-refractivity contribution < 1.29 is 12.8 Å². The Morgan fingerprint density at radius 1 is 1.37 bits per heavy atom. The van der Waals surface area contributed by atoms with E-state index < -0.39 is 15.8 Å². The molecule has 1 saturated heterocycles. The minimum atomic E-state index is -3.80. The van der Waals surface area contributed by atoms with Gasteiger partial charge in [-0.1, -0.05) is 17.7 Å². The number of nitrogens with one attached hydrogen (secondary N) is 1. The van der Waals surface area contributed by atoms with Gasteiger partial charge in [-0.3, -0.25) is 0 Å². The Kier molecular flexibility index (Phi) is 4.45. The van der Waals surface area contributed by atoms with Gasteiger partial charge < -0.3 is 5.32 Å². The Labute approximate surface area is 117 Å². The smallest absolute Gasteiger partial charge is 0.246 e. The van der Waals surface area contributed by atoms with E-state index in [1.54, 1.807) is 0 Å². The van der Waals surface area contributed by atoms with Crippen molar-refractivity contribution in [1.29, 1.82) is 0 Å². The molecule has 0 radical (unpaired) electrons. The standard InChI is InChI=1S/C12H16ClFN2O2S/c1-15-9-5-7-16(8-6-9)19(17,18)11-4-2-3-10(13)12(11)14/h2-4,9,15H,5-8H2,1H3. The van der Waals surface area contributed by atoms with Crippen LogP contribution in [0.4, 0.5) is 4.39 Å². The fourth-order valence-corrected chi connectivity index (χ4v) is 3.99. The van der Waals surface area contributed by atoms with Gasteiger partial charge in [0.15, 0.2) is 5.82 Å². The third kappa shape index (κ3) is 2.91. The zero-order valence-electron chi connectivity index (χ0n) is 10.6. The molecule has 106 valence electrons. The number of benzene rings is 1. The first-order valence-electron chi connectivity index (χ1n) is 6.08. The highest BCUT2D eigenvalue weighted by Crippen LogP contribution is 2.26. The summed E-state index contributed by atoms with van der Waals surface area (Å²) in [6.45, 7) is 0.777. The Morgan fingerprint density at radius 3 is 2.58 bits per heavy atom. The van der Waals surface area contributed by atoms with Crippen LogP contribution in [-0.2, 0) is 10.0 Å². The van der Waals surface area contributed by atoms with E-state index in [9.17, 15) is 12.8 Å². The molecule has 1 aliphatic rings. The summed E-state index contributed by atoms with van der Waals surface area (Å²) in [5, 5.41) is 2.94. The number of piperidine rings is 1. The normalized spacial score (nSPS) is 18.7. The highest BCUT2D eigenvalue weighted by molar-refractivity contribution is 7.89. The topological polar surface area (TPSA) is 49.4 Å². The fourth-order valence-electron chi connectivity index (χ4n) is 2.21. The first kappa shape index (κ1) is 14.7. The largest absolute Gasteiger partial charge is 0.317 e. The van der Waals surface area contributed by atoms with Gasteiger partial charge in [-0.25, -0.2) is 12.8 Å². The number of rotatable bonds is 3. The van der Waals surface area contributed by atoms with Gasteiger partial charge in [-0.15, -0.1) is 0 Å². The molecule has 19 heavy (non-hydrogen) atoms. The lowest BCUT2D eigenvalue weighted by Gasteiger charge is -2.31. The quantitative estimate of drug-likeness (QED) is 0.927. The summed E-state index contributed by atoms with van der Waals surface area (Å²) >= 11 is 5.64. The van der Waals surface area contributed by atoms with Crippen LogP contribution in [0.3, 0.4) is 0 Å². The monoisotopic (exact) mass is 306 g/mol. The molecule has 1 aromatic rings. The molecule has 0 atom stereocenters. The van der Waals surface area contributed by atoms with Gasteiger partial charge in [0, 0.05) is 19.1 Å². The van der Waals surface area contributed by atoms with Gasteiger partial charge in [0.25, 0.3) is 0 Å². The summed E-state index contributed by atoms with van der Waals surface area (Å²) in [4.78, 5) is -0.345. The van der Waals surface area contributed by atoms with E-state index in [0.717, 1.165) is 12.8 Å². The molecule has 4 nitrogen and oxygen atoms in total. The maximum atomic E-state index is 13.8. The first-order valence-corrected chi connectivity index (χ1v) is 7.90. The molecule has 0 spiro atoms. The second kappa shape index (κ2) is 5.75. The van der Waals surface area contributed by atoms with E-state index in [-0.39, 0.29) is 9.92 Å². The van der Waals surface area contributed by atoms with Crippen LogP contribution in [0.25, 0.3) is 0 Å². The van der Waals surface area contributed by atoms with Gasteiger partial charge in [-0.2, -0.15) is 4.31 Å². The molecule has 1 N–H and O–H groups in total. The molecule has 0 unspecified atom stereocenters. The van der Waals surface area contributed by atoms with Crippen molar-refractivity contribution in [3.8, 4) is 0 Å². The predicted molar refractivity (Wildman–Crippen MR) is 72.3 cm³/mol. The Bertz CT molecular complexity index is 557. The van der Waals surface area contributed by atoms with E-state index in [1.165, 1.54) is 22.5 Å². The SMILES string of the molecule is CNC1CCN(S(=O)(=O)c2cccc(Cl)c2F)CC1. The highest BCUT2D eigenvalue weighted by atomic mass is 35.5. The van der Waals surface area contributed by atoms with Crippen molar-refractivity contribution in [1.82, 2.24) is 9.62 Å². The van der Waals surface area contributed by atoms with Gasteiger partial charge in [0.2, 0.25) is 10.0 Å². The van der Waals surface area contributed by atoms with Crippen molar-refractivity contribution in [2.45, 2.75) is 23.8 Å². The van der Waals surface area contributed by atoms with E-state index in [1.807, 2.05) is 7.05 Å². The van der Waals surface area contributed by atoms with Crippen LogP contribution in [0.5, 0.6) is 0 Å². The van der Waals surface area contributed by atoms with Crippen LogP contribution in [0.2, 0.25) is 5.02 Å². The fraction of sp³-hybridized carbons (Fsp3) is 0.500. The van der Waals surface area contributed by atoms with Crippen LogP contribution in [-0.4, -0.2) is 38.9 Å². The number of nitrogens with zero attached hydrogens (tertiary/aromatic N) is 1. The summed E-state index contributed by atoms with van der Waals surface area (Å²) in [5.74, 6) is -0.875. The van der Waals surface area contributed by atoms with Crippen LogP contribution in [0.1, 0.15) is 12.8 Å². The molecule has 0 aromatic heterocycles. The zero-order chi connectivity index (χ0) is 14.0. The van der Waals surface area contributed by atoms with Crippen molar-refractivity contribution in [2.75, 3.05) is 20.1 Å². The number of sulfonamides is 1. The average molecular weight is 307 g/mol. The van der Waals surface area contributed by atoms with E-state index in [4.69, 9.17) is 11.6 Å². The molecule has 2 rings (SSSR count). The van der Waals surface area contributed by atoms with E-state index >= 15 is 0 Å². The summed E-state index contributed by atoms with van der Waals surface area (Å²) in [7, 11) is -1.95. The maximum absolute atomic E-state index is 13.8. The molecule has 0 bridgehead atoms. The molecule has 7 heteroatoms. The number of halogens is 2. The molecule has 0 aliphatic carbocycles. The number of hydrogen-bond donors (Lipinski definition) is 1. The first-order chi connectivity index (χ1) is 8.96. The lowest BCUT2D eigenvalue weighted by Crippen LogP contribution is -2.44. The van der Waals surface area contributed by atoms with Crippen molar-refractivity contribution in [3.05, 3.63) is 29.0 Å². The molecular formula is C12H16ClFN2O2S. The van der Waals surface area contributed by atoms with Crippen LogP contribution >= 0.6 is 11.6 Å². The molecular weight excluding hydrogens is 291 g/mol. The lowest BCUT2D eigenvalue weighted by molar-refractivity contribution is 0.297. The van der Waals surface area contributed by atoms with Gasteiger partial charge in [0.05, 0.1) is 5.02 Å². The van der Waals surface area contributed by atoms with Gasteiger partial charge >= 0.3 is 0 Å². The summed E-state index contributed by atoms with van der Waals surface area (Å²) in [6.07, 6.45) is 1.44. The van der Waals surface area contributed by atoms with E-state index in [2.05, 4.69) is 5.32 Å². The predicted octanol–water partition coefficient (Wildman–Crippen LogP) is 1.85. The van der Waals surface area contributed by atoms with Crippen LogP contribution in [0, 0.1) is 5.82 Å². The van der Waals surface area contributed by atoms with Crippen molar-refractivity contribution in [2.24, 2.45) is 0 Å². The minimum Gasteiger partial charge on any atom is -0.317 e. The molecule has 1 heterocycles.